The summed E-state index contributed by atoms with van der Waals surface area (Å²) in [5.41, 5.74) is 0. The Morgan fingerprint density at radius 3 is 2.64 bits per heavy atom. The number of nitrogens with one attached hydrogen (secondary N) is 2. The third-order valence-electron chi connectivity index (χ3n) is 2.23. The molecule has 1 amide bonds. The van der Waals surface area contributed by atoms with E-state index in [-0.39, 0.29) is 12.5 Å². The highest BCUT2D eigenvalue weighted by Gasteiger charge is 2.07. The second-order valence-corrected chi connectivity index (χ2v) is 3.47. The van der Waals surface area contributed by atoms with E-state index in [0.717, 1.165) is 25.8 Å². The lowest BCUT2D eigenvalue weighted by Crippen LogP contribution is -2.34. The molecule has 0 spiro atoms. The maximum Gasteiger partial charge on any atom is 0.233 e. The van der Waals surface area contributed by atoms with Crippen LogP contribution in [0.3, 0.4) is 0 Å². The van der Waals surface area contributed by atoms with Crippen molar-refractivity contribution in [2.45, 2.75) is 26.2 Å². The van der Waals surface area contributed by atoms with E-state index in [0.29, 0.717) is 12.5 Å². The first-order valence-electron chi connectivity index (χ1n) is 5.26. The van der Waals surface area contributed by atoms with Crippen molar-refractivity contribution in [2.24, 2.45) is 5.92 Å². The highest BCUT2D eigenvalue weighted by atomic mass is 16.3. The zero-order valence-corrected chi connectivity index (χ0v) is 9.18. The van der Waals surface area contributed by atoms with Crippen LogP contribution in [0.4, 0.5) is 0 Å². The molecule has 0 radical (unpaired) electrons. The number of aliphatic hydroxyl groups excluding tert-OH is 1. The van der Waals surface area contributed by atoms with Gasteiger partial charge < -0.3 is 15.7 Å². The highest BCUT2D eigenvalue weighted by Crippen LogP contribution is 2.08. The van der Waals surface area contributed by atoms with Crippen LogP contribution in [0.5, 0.6) is 0 Å². The lowest BCUT2D eigenvalue weighted by atomic mass is 10.0. The van der Waals surface area contributed by atoms with Crippen molar-refractivity contribution in [2.75, 3.05) is 26.7 Å². The van der Waals surface area contributed by atoms with Crippen LogP contribution in [0.25, 0.3) is 0 Å². The zero-order chi connectivity index (χ0) is 10.8. The maximum atomic E-state index is 10.9. The van der Waals surface area contributed by atoms with E-state index < -0.39 is 0 Å². The molecule has 0 aliphatic carbocycles. The van der Waals surface area contributed by atoms with Crippen LogP contribution >= 0.6 is 0 Å². The largest absolute Gasteiger partial charge is 0.396 e. The predicted molar refractivity (Wildman–Crippen MR) is 57.0 cm³/mol. The van der Waals surface area contributed by atoms with Crippen molar-refractivity contribution in [1.82, 2.24) is 10.6 Å². The van der Waals surface area contributed by atoms with Crippen LogP contribution in [0.15, 0.2) is 0 Å². The topological polar surface area (TPSA) is 61.4 Å². The third-order valence-corrected chi connectivity index (χ3v) is 2.23. The van der Waals surface area contributed by atoms with Crippen LogP contribution in [-0.4, -0.2) is 37.8 Å². The summed E-state index contributed by atoms with van der Waals surface area (Å²) < 4.78 is 0. The maximum absolute atomic E-state index is 10.9. The molecule has 84 valence electrons. The Bertz CT molecular complexity index is 145. The number of aliphatic hydroxyl groups is 1. The van der Waals surface area contributed by atoms with Gasteiger partial charge in [-0.3, -0.25) is 4.79 Å². The van der Waals surface area contributed by atoms with E-state index in [2.05, 4.69) is 17.6 Å². The molecule has 0 saturated carbocycles. The summed E-state index contributed by atoms with van der Waals surface area (Å²) in [7, 11) is 1.63. The molecule has 4 heteroatoms. The second kappa shape index (κ2) is 8.97. The number of amides is 1. The average Bonchev–Trinajstić information content (AvgIpc) is 2.18. The molecule has 1 atom stereocenters. The van der Waals surface area contributed by atoms with Gasteiger partial charge in [0.05, 0.1) is 6.54 Å². The zero-order valence-electron chi connectivity index (χ0n) is 9.18. The number of hydrogen-bond donors (Lipinski definition) is 3. The molecule has 14 heavy (non-hydrogen) atoms. The van der Waals surface area contributed by atoms with E-state index in [9.17, 15) is 4.79 Å². The third kappa shape index (κ3) is 6.86. The fourth-order valence-corrected chi connectivity index (χ4v) is 1.42. The van der Waals surface area contributed by atoms with Gasteiger partial charge in [-0.15, -0.1) is 0 Å². The summed E-state index contributed by atoms with van der Waals surface area (Å²) in [5, 5.41) is 14.4. The Morgan fingerprint density at radius 2 is 2.14 bits per heavy atom. The Balaban J connectivity index is 3.54. The Morgan fingerprint density at radius 1 is 1.43 bits per heavy atom. The van der Waals surface area contributed by atoms with Gasteiger partial charge in [0, 0.05) is 13.7 Å². The standard InChI is InChI=1S/C10H22N2O2/c1-3-4-9(5-6-13)7-12-8-10(14)11-2/h9,12-13H,3-8H2,1-2H3,(H,11,14). The molecule has 4 nitrogen and oxygen atoms in total. The summed E-state index contributed by atoms with van der Waals surface area (Å²) in [6.45, 7) is 3.53. The van der Waals surface area contributed by atoms with Gasteiger partial charge in [0.2, 0.25) is 5.91 Å². The number of carbonyl (C=O) groups is 1. The number of likely N-dealkylation sites (N-methyl/N-ethyl adjacent to an activating group) is 1. The van der Waals surface area contributed by atoms with E-state index in [1.54, 1.807) is 7.05 Å². The summed E-state index contributed by atoms with van der Waals surface area (Å²) >= 11 is 0. The van der Waals surface area contributed by atoms with Crippen LogP contribution in [-0.2, 0) is 4.79 Å². The molecule has 0 rings (SSSR count). The van der Waals surface area contributed by atoms with Crippen molar-refractivity contribution in [3.8, 4) is 0 Å². The summed E-state index contributed by atoms with van der Waals surface area (Å²) in [6.07, 6.45) is 3.03. The molecule has 0 aliphatic heterocycles. The second-order valence-electron chi connectivity index (χ2n) is 3.47. The molecule has 0 aliphatic rings. The average molecular weight is 202 g/mol. The molecular formula is C10H22N2O2. The summed E-state index contributed by atoms with van der Waals surface area (Å²) in [5.74, 6) is 0.485. The summed E-state index contributed by atoms with van der Waals surface area (Å²) in [4.78, 5) is 10.9. The molecule has 0 fully saturated rings. The van der Waals surface area contributed by atoms with E-state index in [1.165, 1.54) is 0 Å². The lowest BCUT2D eigenvalue weighted by molar-refractivity contribution is -0.119. The van der Waals surface area contributed by atoms with Crippen molar-refractivity contribution >= 4 is 5.91 Å². The molecule has 1 unspecified atom stereocenters. The minimum atomic E-state index is 0.00393. The Labute approximate surface area is 86.1 Å². The monoisotopic (exact) mass is 202 g/mol. The van der Waals surface area contributed by atoms with Crippen molar-refractivity contribution in [1.29, 1.82) is 0 Å². The fourth-order valence-electron chi connectivity index (χ4n) is 1.42. The fraction of sp³-hybridized carbons (Fsp3) is 0.900. The van der Waals surface area contributed by atoms with Crippen molar-refractivity contribution in [3.63, 3.8) is 0 Å². The molecule has 0 bridgehead atoms. The lowest BCUT2D eigenvalue weighted by Gasteiger charge is -2.15. The number of hydrogen-bond acceptors (Lipinski definition) is 3. The first-order chi connectivity index (χ1) is 6.74. The van der Waals surface area contributed by atoms with Gasteiger partial charge in [-0.05, 0) is 25.3 Å². The van der Waals surface area contributed by atoms with Crippen molar-refractivity contribution < 1.29 is 9.90 Å². The minimum Gasteiger partial charge on any atom is -0.396 e. The predicted octanol–water partition coefficient (Wildman–Crippen LogP) is 0.121. The first-order valence-corrected chi connectivity index (χ1v) is 5.26. The number of carbonyl (C=O) groups excluding carboxylic acids is 1. The highest BCUT2D eigenvalue weighted by molar-refractivity contribution is 5.77. The molecule has 3 N–H and O–H groups in total. The molecule has 0 aromatic heterocycles. The van der Waals surface area contributed by atoms with Crippen LogP contribution in [0, 0.1) is 5.92 Å². The van der Waals surface area contributed by atoms with Gasteiger partial charge in [-0.25, -0.2) is 0 Å². The van der Waals surface area contributed by atoms with E-state index in [1.807, 2.05) is 0 Å². The summed E-state index contributed by atoms with van der Waals surface area (Å²) in [6, 6.07) is 0. The van der Waals surface area contributed by atoms with Gasteiger partial charge in [-0.2, -0.15) is 0 Å². The first kappa shape index (κ1) is 13.4. The minimum absolute atomic E-state index is 0.00393. The molecule has 0 saturated heterocycles. The quantitative estimate of drug-likeness (QED) is 0.524. The normalized spacial score (nSPS) is 12.5. The van der Waals surface area contributed by atoms with Gasteiger partial charge >= 0.3 is 0 Å². The van der Waals surface area contributed by atoms with Crippen LogP contribution in [0.2, 0.25) is 0 Å². The van der Waals surface area contributed by atoms with Gasteiger partial charge in [0.15, 0.2) is 0 Å². The molecular weight excluding hydrogens is 180 g/mol. The number of rotatable bonds is 8. The Kier molecular flexibility index (Phi) is 8.57. The molecule has 0 aromatic rings. The smallest absolute Gasteiger partial charge is 0.233 e. The van der Waals surface area contributed by atoms with E-state index >= 15 is 0 Å². The van der Waals surface area contributed by atoms with Crippen molar-refractivity contribution in [3.05, 3.63) is 0 Å². The Hall–Kier alpha value is -0.610. The van der Waals surface area contributed by atoms with Gasteiger partial charge in [-0.1, -0.05) is 13.3 Å². The van der Waals surface area contributed by atoms with E-state index in [4.69, 9.17) is 5.11 Å². The van der Waals surface area contributed by atoms with Gasteiger partial charge in [0.1, 0.15) is 0 Å². The van der Waals surface area contributed by atoms with Crippen LogP contribution < -0.4 is 10.6 Å². The van der Waals surface area contributed by atoms with Crippen LogP contribution in [0.1, 0.15) is 26.2 Å². The SMILES string of the molecule is CCCC(CCO)CNCC(=O)NC. The molecule has 0 heterocycles. The van der Waals surface area contributed by atoms with Gasteiger partial charge in [0.25, 0.3) is 0 Å². The molecule has 0 aromatic carbocycles.